The van der Waals surface area contributed by atoms with Crippen molar-refractivity contribution in [1.29, 1.82) is 0 Å². The minimum absolute atomic E-state index is 0.193. The quantitative estimate of drug-likeness (QED) is 0.759. The maximum absolute atomic E-state index is 12.2. The number of likely N-dealkylation sites (tertiary alicyclic amines) is 2. The first kappa shape index (κ1) is 22.4. The maximum Gasteiger partial charge on any atom is 0.410 e. The number of piperidine rings is 1. The molecule has 0 saturated carbocycles. The number of phenolic OH excluding ortho intramolecular Hbond substituents is 1. The van der Waals surface area contributed by atoms with E-state index in [4.69, 9.17) is 9.47 Å². The van der Waals surface area contributed by atoms with E-state index in [1.165, 1.54) is 11.1 Å². The molecule has 3 aliphatic heterocycles. The molecule has 4 rings (SSSR count). The number of nitrogens with zero attached hydrogens (tertiary/aromatic N) is 2. The number of phenols is 1. The van der Waals surface area contributed by atoms with E-state index >= 15 is 0 Å². The molecule has 3 saturated heterocycles. The lowest BCUT2D eigenvalue weighted by Gasteiger charge is -2.47. The lowest BCUT2D eigenvalue weighted by atomic mass is 9.84. The van der Waals surface area contributed by atoms with Crippen molar-refractivity contribution >= 4 is 6.09 Å². The van der Waals surface area contributed by atoms with Crippen molar-refractivity contribution in [3.63, 3.8) is 0 Å². The van der Waals surface area contributed by atoms with E-state index < -0.39 is 5.60 Å². The molecule has 31 heavy (non-hydrogen) atoms. The minimum Gasteiger partial charge on any atom is -0.507 e. The van der Waals surface area contributed by atoms with Gasteiger partial charge >= 0.3 is 6.09 Å². The summed E-state index contributed by atoms with van der Waals surface area (Å²) in [4.78, 5) is 16.6. The fourth-order valence-electron chi connectivity index (χ4n) is 5.37. The molecule has 0 bridgehead atoms. The summed E-state index contributed by atoms with van der Waals surface area (Å²) in [5, 5.41) is 10.7. The molecule has 0 aliphatic carbocycles. The summed E-state index contributed by atoms with van der Waals surface area (Å²) >= 11 is 0. The predicted molar refractivity (Wildman–Crippen MR) is 121 cm³/mol. The van der Waals surface area contributed by atoms with E-state index in [0.29, 0.717) is 30.8 Å². The van der Waals surface area contributed by atoms with Crippen molar-refractivity contribution in [2.45, 2.75) is 84.0 Å². The van der Waals surface area contributed by atoms with Crippen LogP contribution in [0.5, 0.6) is 5.75 Å². The Morgan fingerprint density at radius 2 is 1.81 bits per heavy atom. The predicted octanol–water partition coefficient (Wildman–Crippen LogP) is 4.28. The van der Waals surface area contributed by atoms with Crippen LogP contribution in [0.4, 0.5) is 4.79 Å². The first-order chi connectivity index (χ1) is 14.5. The second-order valence-electron chi connectivity index (χ2n) is 10.9. The molecule has 3 aliphatic rings. The zero-order valence-electron chi connectivity index (χ0n) is 20.0. The fraction of sp³-hybridized carbons (Fsp3) is 0.720. The molecule has 1 amide bonds. The lowest BCUT2D eigenvalue weighted by molar-refractivity contribution is -0.109. The van der Waals surface area contributed by atoms with Crippen LogP contribution in [-0.2, 0) is 9.47 Å². The molecule has 1 aromatic carbocycles. The highest BCUT2D eigenvalue weighted by Gasteiger charge is 2.53. The van der Waals surface area contributed by atoms with Crippen molar-refractivity contribution in [3.05, 3.63) is 28.3 Å². The molecule has 3 heterocycles. The average Bonchev–Trinajstić information content (AvgIpc) is 3.13. The number of benzene rings is 1. The van der Waals surface area contributed by atoms with Crippen molar-refractivity contribution in [2.75, 3.05) is 32.8 Å². The molecule has 1 aromatic rings. The van der Waals surface area contributed by atoms with E-state index in [0.717, 1.165) is 50.1 Å². The molecule has 0 radical (unpaired) electrons. The third-order valence-electron chi connectivity index (χ3n) is 7.44. The number of ether oxygens (including phenoxy) is 2. The van der Waals surface area contributed by atoms with Gasteiger partial charge in [-0.2, -0.15) is 0 Å². The summed E-state index contributed by atoms with van der Waals surface area (Å²) < 4.78 is 11.7. The van der Waals surface area contributed by atoms with Gasteiger partial charge in [-0.05, 0) is 102 Å². The molecule has 0 aromatic heterocycles. The summed E-state index contributed by atoms with van der Waals surface area (Å²) in [7, 11) is 0. The topological polar surface area (TPSA) is 62.2 Å². The molecule has 1 atom stereocenters. The maximum atomic E-state index is 12.2. The summed E-state index contributed by atoms with van der Waals surface area (Å²) in [6, 6.07) is 2.60. The van der Waals surface area contributed by atoms with Gasteiger partial charge in [0.15, 0.2) is 0 Å². The van der Waals surface area contributed by atoms with Gasteiger partial charge in [-0.15, -0.1) is 0 Å². The van der Waals surface area contributed by atoms with Gasteiger partial charge in [-0.25, -0.2) is 4.79 Å². The smallest absolute Gasteiger partial charge is 0.410 e. The van der Waals surface area contributed by atoms with Crippen LogP contribution in [0.25, 0.3) is 0 Å². The minimum atomic E-state index is -0.466. The van der Waals surface area contributed by atoms with Crippen LogP contribution in [0.1, 0.15) is 68.2 Å². The summed E-state index contributed by atoms with van der Waals surface area (Å²) in [5.74, 6) is 0.901. The van der Waals surface area contributed by atoms with Crippen molar-refractivity contribution < 1.29 is 19.4 Å². The Kier molecular flexibility index (Phi) is 5.76. The van der Waals surface area contributed by atoms with E-state index in [2.05, 4.69) is 24.8 Å². The monoisotopic (exact) mass is 430 g/mol. The Bertz CT molecular complexity index is 846. The fourth-order valence-corrected chi connectivity index (χ4v) is 5.37. The molecule has 172 valence electrons. The number of aryl methyl sites for hydroxylation is 1. The highest BCUT2D eigenvalue weighted by molar-refractivity contribution is 5.69. The molecular weight excluding hydrogens is 392 g/mol. The molecular formula is C25H38N2O4. The number of carbonyl (C=O) groups excluding carboxylic acids is 1. The lowest BCUT2D eigenvalue weighted by Crippen LogP contribution is -2.64. The Labute approximate surface area is 186 Å². The number of amides is 1. The largest absolute Gasteiger partial charge is 0.507 e. The molecule has 6 heteroatoms. The van der Waals surface area contributed by atoms with Gasteiger partial charge < -0.3 is 19.5 Å². The number of hydrogen-bond acceptors (Lipinski definition) is 5. The van der Waals surface area contributed by atoms with Crippen LogP contribution in [0, 0.1) is 20.8 Å². The van der Waals surface area contributed by atoms with E-state index in [1.54, 1.807) is 4.90 Å². The molecule has 0 unspecified atom stereocenters. The van der Waals surface area contributed by atoms with Gasteiger partial charge in [-0.1, -0.05) is 6.07 Å². The van der Waals surface area contributed by atoms with Crippen molar-refractivity contribution in [3.8, 4) is 5.75 Å². The zero-order valence-corrected chi connectivity index (χ0v) is 20.0. The SMILES string of the molecule is Cc1cc(C2CCN([C@@H]3COC4(C3)CN(C(=O)OC(C)(C)C)C4)CC2)c(O)c(C)c1C. The standard InChI is InChI=1S/C25H38N2O4/c1-16-11-21(22(28)18(3)17(16)2)19-7-9-26(10-8-19)20-12-25(30-13-20)14-27(15-25)23(29)31-24(4,5)6/h11,19-20,28H,7-10,12-15H2,1-6H3/t20-/m0/s1. The van der Waals surface area contributed by atoms with Gasteiger partial charge in [0.05, 0.1) is 19.7 Å². The van der Waals surface area contributed by atoms with Crippen LogP contribution in [0.3, 0.4) is 0 Å². The highest BCUT2D eigenvalue weighted by atomic mass is 16.6. The van der Waals surface area contributed by atoms with Crippen LogP contribution < -0.4 is 0 Å². The summed E-state index contributed by atoms with van der Waals surface area (Å²) in [6.07, 6.45) is 2.85. The van der Waals surface area contributed by atoms with Crippen LogP contribution >= 0.6 is 0 Å². The van der Waals surface area contributed by atoms with Crippen LogP contribution in [0.2, 0.25) is 0 Å². The Balaban J connectivity index is 1.30. The van der Waals surface area contributed by atoms with Gasteiger partial charge in [0.25, 0.3) is 0 Å². The number of aromatic hydroxyl groups is 1. The third kappa shape index (κ3) is 4.42. The van der Waals surface area contributed by atoms with Gasteiger partial charge in [0.2, 0.25) is 0 Å². The Morgan fingerprint density at radius 1 is 1.16 bits per heavy atom. The van der Waals surface area contributed by atoms with Crippen molar-refractivity contribution in [2.24, 2.45) is 0 Å². The highest BCUT2D eigenvalue weighted by Crippen LogP contribution is 2.41. The average molecular weight is 431 g/mol. The van der Waals surface area contributed by atoms with E-state index in [1.807, 2.05) is 27.7 Å². The third-order valence-corrected chi connectivity index (χ3v) is 7.44. The van der Waals surface area contributed by atoms with Crippen molar-refractivity contribution in [1.82, 2.24) is 9.80 Å². The summed E-state index contributed by atoms with van der Waals surface area (Å²) in [5.41, 5.74) is 3.93. The van der Waals surface area contributed by atoms with Crippen LogP contribution in [0.15, 0.2) is 6.07 Å². The number of rotatable bonds is 2. The molecule has 6 nitrogen and oxygen atoms in total. The Hall–Kier alpha value is -1.79. The zero-order chi connectivity index (χ0) is 22.6. The molecule has 1 spiro atoms. The first-order valence-electron chi connectivity index (χ1n) is 11.6. The second-order valence-corrected chi connectivity index (χ2v) is 10.9. The first-order valence-corrected chi connectivity index (χ1v) is 11.6. The second kappa shape index (κ2) is 7.96. The van der Waals surface area contributed by atoms with E-state index in [-0.39, 0.29) is 11.7 Å². The van der Waals surface area contributed by atoms with Gasteiger partial charge in [0.1, 0.15) is 17.0 Å². The molecule has 3 fully saturated rings. The summed E-state index contributed by atoms with van der Waals surface area (Å²) in [6.45, 7) is 16.0. The molecule has 1 N–H and O–H groups in total. The number of hydrogen-bond donors (Lipinski definition) is 1. The van der Waals surface area contributed by atoms with Crippen LogP contribution in [-0.4, -0.2) is 71.0 Å². The Morgan fingerprint density at radius 3 is 2.42 bits per heavy atom. The number of carbonyl (C=O) groups is 1. The van der Waals surface area contributed by atoms with Gasteiger partial charge in [-0.3, -0.25) is 4.90 Å². The van der Waals surface area contributed by atoms with E-state index in [9.17, 15) is 9.90 Å². The van der Waals surface area contributed by atoms with Gasteiger partial charge in [0, 0.05) is 6.04 Å². The normalized spacial score (nSPS) is 24.5.